The molecule has 2 unspecified atom stereocenters. The number of esters is 1. The average Bonchev–Trinajstić information content (AvgIpc) is 2.73. The van der Waals surface area contributed by atoms with Gasteiger partial charge in [-0.15, -0.1) is 0 Å². The van der Waals surface area contributed by atoms with E-state index < -0.39 is 22.1 Å². The van der Waals surface area contributed by atoms with Crippen molar-refractivity contribution in [3.8, 4) is 12.1 Å². The Morgan fingerprint density at radius 3 is 1.56 bits per heavy atom. The third-order valence-corrected chi connectivity index (χ3v) is 16.3. The molecule has 0 aromatic rings. The van der Waals surface area contributed by atoms with Gasteiger partial charge in [-0.25, -0.2) is 0 Å². The summed E-state index contributed by atoms with van der Waals surface area (Å²) in [4.78, 5) is 22.0. The number of aliphatic carboxylic acids is 1. The van der Waals surface area contributed by atoms with Crippen LogP contribution in [0.25, 0.3) is 0 Å². The molecule has 2 heterocycles. The molecule has 7 nitrogen and oxygen atoms in total. The summed E-state index contributed by atoms with van der Waals surface area (Å²) in [5.41, 5.74) is 0. The first-order chi connectivity index (χ1) is 15.1. The second kappa shape index (κ2) is 18.2. The van der Waals surface area contributed by atoms with Gasteiger partial charge in [-0.1, -0.05) is 75.8 Å². The van der Waals surface area contributed by atoms with E-state index in [1.54, 1.807) is 6.92 Å². The van der Waals surface area contributed by atoms with Crippen LogP contribution in [0.15, 0.2) is 0 Å². The molecule has 2 saturated heterocycles. The molecule has 2 atom stereocenters. The number of hydrogen-bond acceptors (Lipinski definition) is 6. The molecule has 2 aliphatic rings. The first kappa shape index (κ1) is 35.1. The van der Waals surface area contributed by atoms with Crippen LogP contribution < -0.4 is 18.9 Å². The molecule has 0 saturated carbocycles. The molecule has 2 fully saturated rings. The van der Waals surface area contributed by atoms with Gasteiger partial charge in [0.25, 0.3) is 0 Å². The molecule has 10 heteroatoms. The zero-order valence-electron chi connectivity index (χ0n) is 21.8. The van der Waals surface area contributed by atoms with Crippen molar-refractivity contribution in [1.82, 2.24) is 0 Å². The van der Waals surface area contributed by atoms with Crippen molar-refractivity contribution in [3.05, 3.63) is 0 Å². The second-order valence-electron chi connectivity index (χ2n) is 10.4. The molecule has 2 N–H and O–H groups in total. The molecule has 34 heavy (non-hydrogen) atoms. The van der Waals surface area contributed by atoms with E-state index in [1.165, 1.54) is 62.7 Å². The number of hydrogen-bond donors (Lipinski definition) is 1. The van der Waals surface area contributed by atoms with Crippen LogP contribution >= 0.6 is 0 Å². The van der Waals surface area contributed by atoms with Crippen LogP contribution in [0.5, 0.6) is 0 Å². The van der Waals surface area contributed by atoms with Gasteiger partial charge in [-0.05, 0) is 19.0 Å². The van der Waals surface area contributed by atoms with Crippen molar-refractivity contribution in [3.63, 3.8) is 0 Å². The van der Waals surface area contributed by atoms with Crippen LogP contribution in [0.4, 0.5) is 0 Å². The molecule has 0 bridgehead atoms. The number of carboxylic acids is 1. The number of nitriles is 2. The molecule has 2 aliphatic heterocycles. The Morgan fingerprint density at radius 1 is 0.853 bits per heavy atom. The van der Waals surface area contributed by atoms with E-state index in [9.17, 15) is 9.59 Å². The van der Waals surface area contributed by atoms with Crippen LogP contribution in [0.1, 0.15) is 58.3 Å². The maximum Gasteiger partial charge on any atom is 1.00 e. The normalized spacial score (nSPS) is 19.7. The minimum Gasteiger partial charge on any atom is -0.870 e. The standard InChI is InChI=1S/C13H23NO2Si.C11H19NO2Si.Li.H2O/c1-3-16-13(15)9-12(10-14)11-17(2)7-5-4-6-8-17;1-15(5-3-2-4-6-15)9-10(8-12)7-11(13)14;;/h12H,3-9,11H2,1-2H3;10H,2-7,9H2,1H3,(H,13,14);;1H2/q;;+1;/p-1. The maximum absolute atomic E-state index is 11.4. The van der Waals surface area contributed by atoms with Gasteiger partial charge in [-0.3, -0.25) is 9.59 Å². The van der Waals surface area contributed by atoms with Crippen molar-refractivity contribution in [2.24, 2.45) is 11.8 Å². The molecule has 2 rings (SSSR count). The summed E-state index contributed by atoms with van der Waals surface area (Å²) in [7, 11) is -2.51. The number of ether oxygens (including phenoxy) is 1. The average molecular weight is 503 g/mol. The fourth-order valence-corrected chi connectivity index (χ4v) is 13.9. The largest absolute Gasteiger partial charge is 1.00 e. The zero-order valence-corrected chi connectivity index (χ0v) is 23.8. The topological polar surface area (TPSA) is 141 Å². The van der Waals surface area contributed by atoms with E-state index >= 15 is 0 Å². The minimum absolute atomic E-state index is 0. The Hall–Kier alpha value is -1.09. The summed E-state index contributed by atoms with van der Waals surface area (Å²) >= 11 is 0. The molecule has 0 spiro atoms. The summed E-state index contributed by atoms with van der Waals surface area (Å²) in [6.45, 7) is 6.93. The first-order valence-corrected chi connectivity index (χ1v) is 18.6. The third kappa shape index (κ3) is 14.3. The molecule has 0 aromatic carbocycles. The van der Waals surface area contributed by atoms with Gasteiger partial charge in [-0.2, -0.15) is 10.5 Å². The number of carbonyl (C=O) groups is 2. The second-order valence-corrected chi connectivity index (χ2v) is 20.5. The first-order valence-electron chi connectivity index (χ1n) is 12.3. The Bertz CT molecular complexity index is 684. The van der Waals surface area contributed by atoms with Crippen LogP contribution in [0.2, 0.25) is 49.4 Å². The van der Waals surface area contributed by atoms with E-state index in [0.717, 1.165) is 12.1 Å². The van der Waals surface area contributed by atoms with Crippen molar-refractivity contribution < 1.29 is 43.8 Å². The number of nitrogens with zero attached hydrogens (tertiary/aromatic N) is 2. The molecular formula is C24H43LiN2O5Si2. The summed E-state index contributed by atoms with van der Waals surface area (Å²) in [5, 5.41) is 26.8. The third-order valence-electron chi connectivity index (χ3n) is 7.10. The van der Waals surface area contributed by atoms with Crippen LogP contribution in [0.3, 0.4) is 0 Å². The van der Waals surface area contributed by atoms with E-state index in [1.807, 2.05) is 0 Å². The summed E-state index contributed by atoms with van der Waals surface area (Å²) in [5.74, 6) is -1.43. The van der Waals surface area contributed by atoms with Gasteiger partial charge in [0.15, 0.2) is 0 Å². The summed E-state index contributed by atoms with van der Waals surface area (Å²) in [6.07, 6.45) is 8.19. The molecule has 0 amide bonds. The van der Waals surface area contributed by atoms with E-state index in [-0.39, 0.29) is 55.0 Å². The van der Waals surface area contributed by atoms with E-state index in [2.05, 4.69) is 25.2 Å². The number of rotatable bonds is 9. The van der Waals surface area contributed by atoms with Gasteiger partial charge in [0.2, 0.25) is 0 Å². The number of carbonyl (C=O) groups excluding carboxylic acids is 1. The Labute approximate surface area is 220 Å². The van der Waals surface area contributed by atoms with Crippen molar-refractivity contribution >= 4 is 28.1 Å². The van der Waals surface area contributed by atoms with Gasteiger partial charge in [0.05, 0.1) is 59.6 Å². The fraction of sp³-hybridized carbons (Fsp3) is 0.833. The monoisotopic (exact) mass is 502 g/mol. The Balaban J connectivity index is 0. The molecule has 188 valence electrons. The van der Waals surface area contributed by atoms with Crippen LogP contribution in [-0.4, -0.2) is 45.3 Å². The zero-order chi connectivity index (χ0) is 24.0. The van der Waals surface area contributed by atoms with Gasteiger partial charge < -0.3 is 15.3 Å². The minimum atomic E-state index is -1.27. The Kier molecular flexibility index (Phi) is 18.8. The number of carboxylic acid groups (broad SMARTS) is 1. The van der Waals surface area contributed by atoms with Crippen molar-refractivity contribution in [1.29, 1.82) is 10.5 Å². The maximum atomic E-state index is 11.4. The Morgan fingerprint density at radius 2 is 1.24 bits per heavy atom. The molecule has 0 aromatic heterocycles. The SMILES string of the molecule is CCOC(=O)CC(C#N)C[Si]1(C)CCCCC1.C[Si]1(CC(C#N)CC(=O)O)CCCCC1.[Li+].[OH-]. The predicted octanol–water partition coefficient (Wildman–Crippen LogP) is 3.03. The predicted molar refractivity (Wildman–Crippen MR) is 133 cm³/mol. The molecular weight excluding hydrogens is 459 g/mol. The summed E-state index contributed by atoms with van der Waals surface area (Å²) in [6, 6.07) is 11.5. The fourth-order valence-electron chi connectivity index (χ4n) is 5.37. The smallest absolute Gasteiger partial charge is 0.870 e. The van der Waals surface area contributed by atoms with Crippen LogP contribution in [-0.2, 0) is 14.3 Å². The van der Waals surface area contributed by atoms with Crippen molar-refractivity contribution in [2.45, 2.75) is 108 Å². The summed E-state index contributed by atoms with van der Waals surface area (Å²) < 4.78 is 4.92. The molecule has 0 aliphatic carbocycles. The van der Waals surface area contributed by atoms with Crippen LogP contribution in [0, 0.1) is 34.5 Å². The van der Waals surface area contributed by atoms with E-state index in [4.69, 9.17) is 20.4 Å². The van der Waals surface area contributed by atoms with E-state index in [0.29, 0.717) is 6.61 Å². The van der Waals surface area contributed by atoms with Crippen molar-refractivity contribution in [2.75, 3.05) is 6.61 Å². The van der Waals surface area contributed by atoms with Gasteiger partial charge >= 0.3 is 30.8 Å². The van der Waals surface area contributed by atoms with Gasteiger partial charge in [0, 0.05) is 0 Å². The molecule has 0 radical (unpaired) electrons. The quantitative estimate of drug-likeness (QED) is 0.377. The van der Waals surface area contributed by atoms with Gasteiger partial charge in [0.1, 0.15) is 0 Å².